The van der Waals surface area contributed by atoms with E-state index < -0.39 is 0 Å². The molecule has 0 aromatic heterocycles. The first-order chi connectivity index (χ1) is 11.9. The fraction of sp³-hybridized carbons (Fsp3) is 0.632. The molecule has 140 valence electrons. The van der Waals surface area contributed by atoms with Crippen LogP contribution in [0, 0.1) is 5.82 Å². The molecule has 0 spiro atoms. The molecule has 0 N–H and O–H groups in total. The van der Waals surface area contributed by atoms with Crippen molar-refractivity contribution < 1.29 is 18.7 Å². The highest BCUT2D eigenvalue weighted by Gasteiger charge is 2.36. The summed E-state index contributed by atoms with van der Waals surface area (Å²) in [6.45, 7) is 2.14. The Morgan fingerprint density at radius 3 is 2.72 bits per heavy atom. The van der Waals surface area contributed by atoms with E-state index in [9.17, 15) is 9.18 Å². The van der Waals surface area contributed by atoms with E-state index in [0.29, 0.717) is 37.2 Å². The quantitative estimate of drug-likeness (QED) is 0.757. The van der Waals surface area contributed by atoms with Crippen LogP contribution in [-0.4, -0.2) is 62.7 Å². The Labute approximate surface area is 149 Å². The smallest absolute Gasteiger partial charge is 0.222 e. The van der Waals surface area contributed by atoms with E-state index in [2.05, 4.69) is 4.90 Å². The number of hydrogen-bond acceptors (Lipinski definition) is 4. The summed E-state index contributed by atoms with van der Waals surface area (Å²) >= 11 is 0. The lowest BCUT2D eigenvalue weighted by molar-refractivity contribution is -0.132. The zero-order valence-electron chi connectivity index (χ0n) is 15.7. The van der Waals surface area contributed by atoms with Gasteiger partial charge in [-0.15, -0.1) is 0 Å². The first-order valence-corrected chi connectivity index (χ1v) is 8.69. The number of likely N-dealkylation sites (tertiary alicyclic amines) is 1. The summed E-state index contributed by atoms with van der Waals surface area (Å²) in [5.41, 5.74) is 0.310. The van der Waals surface area contributed by atoms with E-state index in [1.807, 2.05) is 0 Å². The summed E-state index contributed by atoms with van der Waals surface area (Å²) in [6, 6.07) is 4.97. The van der Waals surface area contributed by atoms with Gasteiger partial charge in [-0.25, -0.2) is 4.39 Å². The number of carbonyl (C=O) groups excluding carboxylic acids is 1. The van der Waals surface area contributed by atoms with Crippen LogP contribution in [0.5, 0.6) is 5.75 Å². The van der Waals surface area contributed by atoms with Crippen LogP contribution in [0.2, 0.25) is 0 Å². The van der Waals surface area contributed by atoms with Crippen molar-refractivity contribution in [3.63, 3.8) is 0 Å². The van der Waals surface area contributed by atoms with Crippen molar-refractivity contribution in [1.82, 2.24) is 9.80 Å². The molecule has 2 rings (SSSR count). The molecular weight excluding hydrogens is 323 g/mol. The highest BCUT2D eigenvalue weighted by Crippen LogP contribution is 2.31. The molecule has 25 heavy (non-hydrogen) atoms. The summed E-state index contributed by atoms with van der Waals surface area (Å²) in [7, 11) is 6.77. The van der Waals surface area contributed by atoms with Crippen LogP contribution in [0.1, 0.15) is 31.2 Å². The summed E-state index contributed by atoms with van der Waals surface area (Å²) in [4.78, 5) is 15.7. The number of benzene rings is 1. The van der Waals surface area contributed by atoms with Gasteiger partial charge in [0.1, 0.15) is 11.6 Å². The molecule has 1 fully saturated rings. The number of carbonyl (C=O) groups is 1. The third-order valence-electron chi connectivity index (χ3n) is 5.00. The minimum absolute atomic E-state index is 0.106. The minimum Gasteiger partial charge on any atom is -0.497 e. The van der Waals surface area contributed by atoms with E-state index >= 15 is 0 Å². The Bertz CT molecular complexity index is 594. The Kier molecular flexibility index (Phi) is 6.79. The van der Waals surface area contributed by atoms with E-state index in [1.165, 1.54) is 13.2 Å². The van der Waals surface area contributed by atoms with Gasteiger partial charge in [-0.2, -0.15) is 0 Å². The molecule has 1 atom stereocenters. The second kappa shape index (κ2) is 8.63. The van der Waals surface area contributed by atoms with E-state index in [-0.39, 0.29) is 17.3 Å². The van der Waals surface area contributed by atoms with Crippen molar-refractivity contribution in [3.05, 3.63) is 29.6 Å². The SMILES string of the molecule is COc1ccc(CN2CCCC(CCC(=O)N(C)C)(OC)C2)c(F)c1. The molecule has 1 aromatic carbocycles. The maximum Gasteiger partial charge on any atom is 0.222 e. The normalized spacial score (nSPS) is 21.2. The zero-order chi connectivity index (χ0) is 18.4. The number of piperidine rings is 1. The standard InChI is InChI=1S/C19H29FN2O3/c1-21(2)18(23)8-10-19(25-4)9-5-11-22(14-19)13-15-6-7-16(24-3)12-17(15)20/h6-7,12H,5,8-11,13-14H2,1-4H3. The molecule has 1 amide bonds. The second-order valence-corrected chi connectivity index (χ2v) is 6.95. The van der Waals surface area contributed by atoms with Gasteiger partial charge in [0, 0.05) is 52.3 Å². The molecule has 0 radical (unpaired) electrons. The van der Waals surface area contributed by atoms with Gasteiger partial charge in [-0.3, -0.25) is 9.69 Å². The maximum atomic E-state index is 14.2. The van der Waals surface area contributed by atoms with Gasteiger partial charge in [0.25, 0.3) is 0 Å². The predicted octanol–water partition coefficient (Wildman–Crippen LogP) is 2.68. The van der Waals surface area contributed by atoms with Crippen molar-refractivity contribution in [2.45, 2.75) is 37.8 Å². The number of methoxy groups -OCH3 is 2. The van der Waals surface area contributed by atoms with Crippen molar-refractivity contribution in [1.29, 1.82) is 0 Å². The van der Waals surface area contributed by atoms with E-state index in [1.54, 1.807) is 38.2 Å². The average Bonchev–Trinajstić information content (AvgIpc) is 2.61. The van der Waals surface area contributed by atoms with Gasteiger partial charge in [0.05, 0.1) is 12.7 Å². The molecular formula is C19H29FN2O3. The zero-order valence-corrected chi connectivity index (χ0v) is 15.7. The number of rotatable bonds is 7. The molecule has 1 saturated heterocycles. The molecule has 1 unspecified atom stereocenters. The monoisotopic (exact) mass is 352 g/mol. The Morgan fingerprint density at radius 2 is 2.12 bits per heavy atom. The van der Waals surface area contributed by atoms with Crippen LogP contribution in [0.25, 0.3) is 0 Å². The van der Waals surface area contributed by atoms with Gasteiger partial charge in [0.15, 0.2) is 0 Å². The summed E-state index contributed by atoms with van der Waals surface area (Å²) < 4.78 is 25.1. The second-order valence-electron chi connectivity index (χ2n) is 6.95. The number of amides is 1. The molecule has 1 heterocycles. The van der Waals surface area contributed by atoms with Crippen LogP contribution >= 0.6 is 0 Å². The van der Waals surface area contributed by atoms with Crippen molar-refractivity contribution in [3.8, 4) is 5.75 Å². The molecule has 5 nitrogen and oxygen atoms in total. The van der Waals surface area contributed by atoms with Crippen molar-refractivity contribution >= 4 is 5.91 Å². The van der Waals surface area contributed by atoms with E-state index in [4.69, 9.17) is 9.47 Å². The predicted molar refractivity (Wildman–Crippen MR) is 95.1 cm³/mol. The first-order valence-electron chi connectivity index (χ1n) is 8.69. The largest absolute Gasteiger partial charge is 0.497 e. The number of hydrogen-bond donors (Lipinski definition) is 0. The van der Waals surface area contributed by atoms with Crippen LogP contribution in [0.4, 0.5) is 4.39 Å². The van der Waals surface area contributed by atoms with Crippen molar-refractivity contribution in [2.75, 3.05) is 41.4 Å². The minimum atomic E-state index is -0.340. The molecule has 1 aliphatic rings. The molecule has 0 bridgehead atoms. The van der Waals surface area contributed by atoms with Crippen LogP contribution in [0.3, 0.4) is 0 Å². The highest BCUT2D eigenvalue weighted by molar-refractivity contribution is 5.75. The fourth-order valence-corrected chi connectivity index (χ4v) is 3.38. The molecule has 1 aliphatic heterocycles. The van der Waals surface area contributed by atoms with Gasteiger partial charge >= 0.3 is 0 Å². The number of nitrogens with zero attached hydrogens (tertiary/aromatic N) is 2. The lowest BCUT2D eigenvalue weighted by Crippen LogP contribution is -2.49. The van der Waals surface area contributed by atoms with Crippen molar-refractivity contribution in [2.24, 2.45) is 0 Å². The Morgan fingerprint density at radius 1 is 1.36 bits per heavy atom. The van der Waals surface area contributed by atoms with Gasteiger partial charge in [0.2, 0.25) is 5.91 Å². The fourth-order valence-electron chi connectivity index (χ4n) is 3.38. The number of halogens is 1. The maximum absolute atomic E-state index is 14.2. The molecule has 1 aromatic rings. The van der Waals surface area contributed by atoms with Crippen LogP contribution < -0.4 is 4.74 Å². The third kappa shape index (κ3) is 5.16. The third-order valence-corrected chi connectivity index (χ3v) is 5.00. The lowest BCUT2D eigenvalue weighted by atomic mass is 9.87. The summed E-state index contributed by atoms with van der Waals surface area (Å²) in [6.07, 6.45) is 3.04. The average molecular weight is 352 g/mol. The van der Waals surface area contributed by atoms with Gasteiger partial charge < -0.3 is 14.4 Å². The first kappa shape index (κ1) is 19.7. The number of ether oxygens (including phenoxy) is 2. The topological polar surface area (TPSA) is 42.0 Å². The van der Waals surface area contributed by atoms with Crippen LogP contribution in [-0.2, 0) is 16.1 Å². The van der Waals surface area contributed by atoms with Gasteiger partial charge in [-0.1, -0.05) is 6.07 Å². The van der Waals surface area contributed by atoms with Crippen LogP contribution in [0.15, 0.2) is 18.2 Å². The van der Waals surface area contributed by atoms with E-state index in [0.717, 1.165) is 19.4 Å². The molecule has 0 saturated carbocycles. The van der Waals surface area contributed by atoms with Gasteiger partial charge in [-0.05, 0) is 31.9 Å². The summed E-state index contributed by atoms with van der Waals surface area (Å²) in [5, 5.41) is 0. The molecule has 6 heteroatoms. The Balaban J connectivity index is 2.02. The lowest BCUT2D eigenvalue weighted by Gasteiger charge is -2.42. The highest BCUT2D eigenvalue weighted by atomic mass is 19.1. The summed E-state index contributed by atoms with van der Waals surface area (Å²) in [5.74, 6) is 0.374. The Hall–Kier alpha value is -1.66. The molecule has 0 aliphatic carbocycles.